The molecule has 0 bridgehead atoms. The van der Waals surface area contributed by atoms with E-state index in [1.165, 1.54) is 24.1 Å². The van der Waals surface area contributed by atoms with E-state index in [4.69, 9.17) is 10.5 Å². The Bertz CT molecular complexity index is 373. The number of hydrogen-bond acceptors (Lipinski definition) is 5. The van der Waals surface area contributed by atoms with Crippen LogP contribution in [0.2, 0.25) is 0 Å². The number of rotatable bonds is 2. The second-order valence-corrected chi connectivity index (χ2v) is 5.69. The molecule has 2 atom stereocenters. The van der Waals surface area contributed by atoms with Crippen LogP contribution in [0.1, 0.15) is 24.1 Å². The molecule has 0 amide bonds. The lowest BCUT2D eigenvalue weighted by molar-refractivity contribution is -0.0585. The van der Waals surface area contributed by atoms with Crippen LogP contribution in [0.3, 0.4) is 0 Å². The van der Waals surface area contributed by atoms with Crippen molar-refractivity contribution in [2.45, 2.75) is 38.0 Å². The lowest BCUT2D eigenvalue weighted by atomic mass is 10.1. The number of thiazole rings is 1. The summed E-state index contributed by atoms with van der Waals surface area (Å²) in [6.07, 6.45) is 6.18. The van der Waals surface area contributed by atoms with E-state index >= 15 is 0 Å². The maximum atomic E-state index is 5.80. The Morgan fingerprint density at radius 2 is 2.41 bits per heavy atom. The van der Waals surface area contributed by atoms with E-state index in [1.807, 2.05) is 6.20 Å². The molecule has 3 rings (SSSR count). The van der Waals surface area contributed by atoms with Crippen LogP contribution in [0.4, 0.5) is 5.13 Å². The summed E-state index contributed by atoms with van der Waals surface area (Å²) in [6, 6.07) is 0.622. The molecule has 1 aliphatic heterocycles. The first-order valence-electron chi connectivity index (χ1n) is 5.89. The molecule has 0 unspecified atom stereocenters. The quantitative estimate of drug-likeness (QED) is 0.896. The Kier molecular flexibility index (Phi) is 4.25. The van der Waals surface area contributed by atoms with Crippen LogP contribution in [0.5, 0.6) is 0 Å². The Morgan fingerprint density at radius 1 is 1.53 bits per heavy atom. The van der Waals surface area contributed by atoms with E-state index in [9.17, 15) is 0 Å². The molecule has 2 fully saturated rings. The van der Waals surface area contributed by atoms with E-state index < -0.39 is 0 Å². The van der Waals surface area contributed by atoms with Crippen molar-refractivity contribution in [3.8, 4) is 0 Å². The molecule has 2 aliphatic rings. The molecule has 17 heavy (non-hydrogen) atoms. The van der Waals surface area contributed by atoms with Crippen LogP contribution >= 0.6 is 23.7 Å². The largest absolute Gasteiger partial charge is 0.375 e. The molecule has 1 saturated carbocycles. The van der Waals surface area contributed by atoms with Gasteiger partial charge in [0, 0.05) is 30.2 Å². The van der Waals surface area contributed by atoms with Crippen LogP contribution in [-0.2, 0) is 11.3 Å². The van der Waals surface area contributed by atoms with Crippen LogP contribution in [0, 0.1) is 0 Å². The highest BCUT2D eigenvalue weighted by Crippen LogP contribution is 2.31. The van der Waals surface area contributed by atoms with Crippen LogP contribution in [0.25, 0.3) is 0 Å². The van der Waals surface area contributed by atoms with E-state index in [2.05, 4.69) is 9.88 Å². The fourth-order valence-electron chi connectivity index (χ4n) is 2.80. The number of nitrogens with zero attached hydrogens (tertiary/aromatic N) is 2. The molecule has 96 valence electrons. The summed E-state index contributed by atoms with van der Waals surface area (Å²) in [6.45, 7) is 2.90. The van der Waals surface area contributed by atoms with Gasteiger partial charge in [0.15, 0.2) is 5.13 Å². The molecule has 0 spiro atoms. The van der Waals surface area contributed by atoms with Gasteiger partial charge in [-0.2, -0.15) is 0 Å². The summed E-state index contributed by atoms with van der Waals surface area (Å²) in [5, 5.41) is 0.672. The number of fused-ring (bicyclic) bond motifs is 1. The highest BCUT2D eigenvalue weighted by Gasteiger charge is 2.35. The van der Waals surface area contributed by atoms with E-state index in [0.717, 1.165) is 19.7 Å². The van der Waals surface area contributed by atoms with Gasteiger partial charge in [0.2, 0.25) is 0 Å². The topological polar surface area (TPSA) is 51.4 Å². The average molecular weight is 276 g/mol. The number of ether oxygens (including phenoxy) is 1. The summed E-state index contributed by atoms with van der Waals surface area (Å²) in [7, 11) is 0. The first kappa shape index (κ1) is 13.1. The molecule has 0 aromatic carbocycles. The highest BCUT2D eigenvalue weighted by atomic mass is 35.5. The summed E-state index contributed by atoms with van der Waals surface area (Å²) in [5.74, 6) is 0. The Labute approximate surface area is 112 Å². The zero-order valence-corrected chi connectivity index (χ0v) is 11.3. The van der Waals surface area contributed by atoms with Gasteiger partial charge in [-0.3, -0.25) is 4.90 Å². The Hall–Kier alpha value is -0.360. The lowest BCUT2D eigenvalue weighted by Crippen LogP contribution is -2.47. The minimum atomic E-state index is 0. The molecule has 1 aliphatic carbocycles. The molecule has 2 N–H and O–H groups in total. The van der Waals surface area contributed by atoms with Gasteiger partial charge >= 0.3 is 0 Å². The number of anilines is 1. The lowest BCUT2D eigenvalue weighted by Gasteiger charge is -2.37. The summed E-state index contributed by atoms with van der Waals surface area (Å²) < 4.78 is 5.80. The van der Waals surface area contributed by atoms with Gasteiger partial charge < -0.3 is 10.5 Å². The maximum Gasteiger partial charge on any atom is 0.180 e. The van der Waals surface area contributed by atoms with Gasteiger partial charge in [-0.15, -0.1) is 23.7 Å². The Morgan fingerprint density at radius 3 is 3.18 bits per heavy atom. The molecule has 1 aromatic rings. The number of hydrogen-bond donors (Lipinski definition) is 1. The molecular formula is C11H18ClN3OS. The van der Waals surface area contributed by atoms with E-state index in [0.29, 0.717) is 17.3 Å². The zero-order valence-electron chi connectivity index (χ0n) is 9.67. The maximum absolute atomic E-state index is 5.80. The first-order chi connectivity index (χ1) is 7.83. The summed E-state index contributed by atoms with van der Waals surface area (Å²) in [4.78, 5) is 7.91. The van der Waals surface area contributed by atoms with Gasteiger partial charge in [-0.25, -0.2) is 4.98 Å². The number of nitrogen functional groups attached to an aromatic ring is 1. The van der Waals surface area contributed by atoms with E-state index in [1.54, 1.807) is 11.3 Å². The van der Waals surface area contributed by atoms with Crippen LogP contribution < -0.4 is 5.73 Å². The standard InChI is InChI=1S/C11H17N3OS.ClH/c12-11-13-6-8(16-11)7-14-4-5-15-10-3-1-2-9(10)14;/h6,9-10H,1-5,7H2,(H2,12,13);1H/t9-,10+;/m1./s1. The van der Waals surface area contributed by atoms with Gasteiger partial charge in [0.05, 0.1) is 12.7 Å². The number of morpholine rings is 1. The summed E-state index contributed by atoms with van der Waals surface area (Å²) in [5.41, 5.74) is 5.65. The molecule has 4 nitrogen and oxygen atoms in total. The third kappa shape index (κ3) is 2.73. The normalized spacial score (nSPS) is 28.7. The van der Waals surface area contributed by atoms with Crippen molar-refractivity contribution in [3.05, 3.63) is 11.1 Å². The minimum absolute atomic E-state index is 0. The van der Waals surface area contributed by atoms with Crippen LogP contribution in [-0.4, -0.2) is 35.2 Å². The molecule has 6 heteroatoms. The van der Waals surface area contributed by atoms with Gasteiger partial charge in [0.25, 0.3) is 0 Å². The molecule has 1 saturated heterocycles. The monoisotopic (exact) mass is 275 g/mol. The SMILES string of the molecule is Cl.Nc1ncc(CN2CCO[C@H]3CCC[C@H]32)s1. The molecular weight excluding hydrogens is 258 g/mol. The summed E-state index contributed by atoms with van der Waals surface area (Å²) >= 11 is 1.60. The highest BCUT2D eigenvalue weighted by molar-refractivity contribution is 7.15. The number of aromatic nitrogens is 1. The molecule has 2 heterocycles. The predicted octanol–water partition coefficient (Wildman–Crippen LogP) is 1.90. The fourth-order valence-corrected chi connectivity index (χ4v) is 3.51. The predicted molar refractivity (Wildman–Crippen MR) is 71.6 cm³/mol. The van der Waals surface area contributed by atoms with Crippen molar-refractivity contribution in [2.75, 3.05) is 18.9 Å². The fraction of sp³-hybridized carbons (Fsp3) is 0.727. The van der Waals surface area contributed by atoms with Gasteiger partial charge in [0.1, 0.15) is 0 Å². The number of nitrogens with two attached hydrogens (primary N) is 1. The second kappa shape index (κ2) is 5.52. The number of halogens is 1. The smallest absolute Gasteiger partial charge is 0.180 e. The minimum Gasteiger partial charge on any atom is -0.375 e. The van der Waals surface area contributed by atoms with Crippen molar-refractivity contribution in [3.63, 3.8) is 0 Å². The van der Waals surface area contributed by atoms with Gasteiger partial charge in [-0.1, -0.05) is 0 Å². The van der Waals surface area contributed by atoms with Crippen molar-refractivity contribution < 1.29 is 4.74 Å². The Balaban J connectivity index is 0.00000108. The third-order valence-electron chi connectivity index (χ3n) is 3.53. The van der Waals surface area contributed by atoms with Gasteiger partial charge in [-0.05, 0) is 19.3 Å². The first-order valence-corrected chi connectivity index (χ1v) is 6.70. The second-order valence-electron chi connectivity index (χ2n) is 4.54. The van der Waals surface area contributed by atoms with E-state index in [-0.39, 0.29) is 12.4 Å². The van der Waals surface area contributed by atoms with Crippen LogP contribution in [0.15, 0.2) is 6.20 Å². The van der Waals surface area contributed by atoms with Crippen molar-refractivity contribution in [2.24, 2.45) is 0 Å². The average Bonchev–Trinajstić information content (AvgIpc) is 2.87. The molecule has 1 aromatic heterocycles. The van der Waals surface area contributed by atoms with Crippen molar-refractivity contribution >= 4 is 28.9 Å². The molecule has 0 radical (unpaired) electrons. The zero-order chi connectivity index (χ0) is 11.0. The van der Waals surface area contributed by atoms with Crippen molar-refractivity contribution in [1.29, 1.82) is 0 Å². The van der Waals surface area contributed by atoms with Crippen molar-refractivity contribution in [1.82, 2.24) is 9.88 Å². The third-order valence-corrected chi connectivity index (χ3v) is 4.34.